The van der Waals surface area contributed by atoms with Gasteiger partial charge in [-0.05, 0) is 24.6 Å². The Hall–Kier alpha value is -3.42. The number of fused-ring (bicyclic) bond motifs is 1. The first-order valence-corrected chi connectivity index (χ1v) is 7.80. The smallest absolute Gasteiger partial charge is 0.337 e. The van der Waals surface area contributed by atoms with Gasteiger partial charge in [-0.15, -0.1) is 0 Å². The van der Waals surface area contributed by atoms with E-state index in [-0.39, 0.29) is 23.6 Å². The molecule has 1 atom stereocenters. The van der Waals surface area contributed by atoms with Crippen molar-refractivity contribution in [3.05, 3.63) is 86.0 Å². The SMILES string of the molecule is C=CCOC(=O)C1=C(C)Nc2[nH]c(=O)[nH]c(=O)c2C1c1cccc(F)c1. The maximum Gasteiger partial charge on any atom is 0.337 e. The van der Waals surface area contributed by atoms with E-state index >= 15 is 0 Å². The second kappa shape index (κ2) is 6.83. The minimum Gasteiger partial charge on any atom is -0.458 e. The number of carbonyl (C=O) groups excluding carboxylic acids is 1. The lowest BCUT2D eigenvalue weighted by Crippen LogP contribution is -2.35. The predicted octanol–water partition coefficient (Wildman–Crippen LogP) is 1.76. The van der Waals surface area contributed by atoms with E-state index in [9.17, 15) is 18.8 Å². The molecule has 1 aromatic carbocycles. The number of ether oxygens (including phenoxy) is 1. The predicted molar refractivity (Wildman–Crippen MR) is 93.4 cm³/mol. The lowest BCUT2D eigenvalue weighted by Gasteiger charge is -2.28. The molecule has 0 radical (unpaired) electrons. The van der Waals surface area contributed by atoms with Crippen LogP contribution in [0.15, 0.2) is 57.8 Å². The fourth-order valence-electron chi connectivity index (χ4n) is 2.99. The number of carbonyl (C=O) groups is 1. The highest BCUT2D eigenvalue weighted by atomic mass is 19.1. The molecule has 3 N–H and O–H groups in total. The van der Waals surface area contributed by atoms with Gasteiger partial charge in [0.05, 0.1) is 17.1 Å². The fourth-order valence-corrected chi connectivity index (χ4v) is 2.99. The number of H-pyrrole nitrogens is 2. The Morgan fingerprint density at radius 3 is 2.81 bits per heavy atom. The van der Waals surface area contributed by atoms with Crippen LogP contribution in [0.5, 0.6) is 0 Å². The number of halogens is 1. The first-order valence-electron chi connectivity index (χ1n) is 7.80. The van der Waals surface area contributed by atoms with Crippen LogP contribution in [0.4, 0.5) is 10.2 Å². The summed E-state index contributed by atoms with van der Waals surface area (Å²) in [6, 6.07) is 5.57. The summed E-state index contributed by atoms with van der Waals surface area (Å²) in [6.45, 7) is 5.09. The second-order valence-electron chi connectivity index (χ2n) is 5.74. The van der Waals surface area contributed by atoms with E-state index in [1.807, 2.05) is 0 Å². The van der Waals surface area contributed by atoms with E-state index in [4.69, 9.17) is 4.74 Å². The van der Waals surface area contributed by atoms with Crippen LogP contribution < -0.4 is 16.6 Å². The first-order chi connectivity index (χ1) is 12.4. The van der Waals surface area contributed by atoms with Crippen molar-refractivity contribution >= 4 is 11.8 Å². The van der Waals surface area contributed by atoms with Crippen molar-refractivity contribution < 1.29 is 13.9 Å². The molecule has 2 aromatic rings. The van der Waals surface area contributed by atoms with Crippen LogP contribution in [0.3, 0.4) is 0 Å². The van der Waals surface area contributed by atoms with Gasteiger partial charge in [0.1, 0.15) is 18.2 Å². The molecule has 0 fully saturated rings. The number of hydrogen-bond acceptors (Lipinski definition) is 5. The van der Waals surface area contributed by atoms with Crippen molar-refractivity contribution in [2.75, 3.05) is 11.9 Å². The molecule has 0 bridgehead atoms. The quantitative estimate of drug-likeness (QED) is 0.571. The van der Waals surface area contributed by atoms with Crippen LogP contribution in [0, 0.1) is 5.82 Å². The summed E-state index contributed by atoms with van der Waals surface area (Å²) in [6.07, 6.45) is 1.42. The molecular formula is C18H16FN3O4. The zero-order valence-corrected chi connectivity index (χ0v) is 13.9. The molecule has 1 aliphatic rings. The zero-order chi connectivity index (χ0) is 18.8. The number of aromatic nitrogens is 2. The summed E-state index contributed by atoms with van der Waals surface area (Å²) in [5, 5.41) is 2.85. The number of benzene rings is 1. The fraction of sp³-hybridized carbons (Fsp3) is 0.167. The average molecular weight is 357 g/mol. The molecule has 1 aromatic heterocycles. The third kappa shape index (κ3) is 3.08. The van der Waals surface area contributed by atoms with E-state index in [2.05, 4.69) is 21.9 Å². The van der Waals surface area contributed by atoms with Crippen molar-refractivity contribution in [2.24, 2.45) is 0 Å². The van der Waals surface area contributed by atoms with E-state index in [1.54, 1.807) is 13.0 Å². The van der Waals surface area contributed by atoms with Crippen molar-refractivity contribution in [2.45, 2.75) is 12.8 Å². The van der Waals surface area contributed by atoms with Crippen LogP contribution in [-0.2, 0) is 9.53 Å². The highest BCUT2D eigenvalue weighted by molar-refractivity contribution is 5.94. The number of hydrogen-bond donors (Lipinski definition) is 3. The molecule has 2 heterocycles. The van der Waals surface area contributed by atoms with Crippen LogP contribution in [0.1, 0.15) is 24.0 Å². The maximum atomic E-state index is 13.8. The van der Waals surface area contributed by atoms with E-state index < -0.39 is 29.0 Å². The Morgan fingerprint density at radius 1 is 1.35 bits per heavy atom. The van der Waals surface area contributed by atoms with Gasteiger partial charge >= 0.3 is 11.7 Å². The third-order valence-corrected chi connectivity index (χ3v) is 4.01. The Labute approximate surface area is 147 Å². The van der Waals surface area contributed by atoms with E-state index in [1.165, 1.54) is 24.3 Å². The minimum absolute atomic E-state index is 0.0136. The van der Waals surface area contributed by atoms with E-state index in [0.29, 0.717) is 11.3 Å². The molecule has 0 saturated carbocycles. The van der Waals surface area contributed by atoms with Gasteiger partial charge in [0.2, 0.25) is 0 Å². The second-order valence-corrected chi connectivity index (χ2v) is 5.74. The monoisotopic (exact) mass is 357 g/mol. The van der Waals surface area contributed by atoms with Crippen LogP contribution >= 0.6 is 0 Å². The van der Waals surface area contributed by atoms with Gasteiger partial charge in [-0.1, -0.05) is 24.8 Å². The molecule has 0 amide bonds. The summed E-state index contributed by atoms with van der Waals surface area (Å²) < 4.78 is 18.9. The largest absolute Gasteiger partial charge is 0.458 e. The first kappa shape index (κ1) is 17.4. The molecular weight excluding hydrogens is 341 g/mol. The highest BCUT2D eigenvalue weighted by Crippen LogP contribution is 2.39. The number of aromatic amines is 2. The lowest BCUT2D eigenvalue weighted by atomic mass is 9.82. The molecule has 1 unspecified atom stereocenters. The van der Waals surface area contributed by atoms with E-state index in [0.717, 1.165) is 0 Å². The van der Waals surface area contributed by atoms with Crippen LogP contribution in [-0.4, -0.2) is 22.5 Å². The average Bonchev–Trinajstić information content (AvgIpc) is 2.58. The topological polar surface area (TPSA) is 104 Å². The molecule has 0 aliphatic carbocycles. The van der Waals surface area contributed by atoms with Gasteiger partial charge in [0.15, 0.2) is 0 Å². The molecule has 8 heteroatoms. The summed E-state index contributed by atoms with van der Waals surface area (Å²) in [5.41, 5.74) is -0.331. The van der Waals surface area contributed by atoms with Crippen molar-refractivity contribution in [1.82, 2.24) is 9.97 Å². The van der Waals surface area contributed by atoms with Crippen molar-refractivity contribution in [3.63, 3.8) is 0 Å². The van der Waals surface area contributed by atoms with Crippen molar-refractivity contribution in [3.8, 4) is 0 Å². The maximum absolute atomic E-state index is 13.8. The summed E-state index contributed by atoms with van der Waals surface area (Å²) >= 11 is 0. The standard InChI is InChI=1S/C18H16FN3O4/c1-3-7-26-17(24)12-9(2)20-15-14(16(23)22-18(25)21-15)13(12)10-5-4-6-11(19)8-10/h3-6,8,13H,1,7H2,2H3,(H3,20,21,22,23,25). The minimum atomic E-state index is -0.903. The Morgan fingerprint density at radius 2 is 2.12 bits per heavy atom. The third-order valence-electron chi connectivity index (χ3n) is 4.01. The summed E-state index contributed by atoms with van der Waals surface area (Å²) in [5.74, 6) is -1.93. The summed E-state index contributed by atoms with van der Waals surface area (Å²) in [4.78, 5) is 41.2. The van der Waals surface area contributed by atoms with Gasteiger partial charge in [-0.3, -0.25) is 14.8 Å². The molecule has 0 spiro atoms. The van der Waals surface area contributed by atoms with Gasteiger partial charge in [0, 0.05) is 5.70 Å². The molecule has 1 aliphatic heterocycles. The van der Waals surface area contributed by atoms with Crippen LogP contribution in [0.25, 0.3) is 0 Å². The van der Waals surface area contributed by atoms with Crippen LogP contribution in [0.2, 0.25) is 0 Å². The zero-order valence-electron chi connectivity index (χ0n) is 13.9. The van der Waals surface area contributed by atoms with Gasteiger partial charge in [0.25, 0.3) is 5.56 Å². The molecule has 3 rings (SSSR count). The Balaban J connectivity index is 2.25. The molecule has 7 nitrogen and oxygen atoms in total. The number of anilines is 1. The Bertz CT molecular complexity index is 1040. The summed E-state index contributed by atoms with van der Waals surface area (Å²) in [7, 11) is 0. The number of rotatable bonds is 4. The highest BCUT2D eigenvalue weighted by Gasteiger charge is 2.36. The molecule has 134 valence electrons. The number of allylic oxidation sites excluding steroid dienone is 1. The lowest BCUT2D eigenvalue weighted by molar-refractivity contribution is -0.138. The molecule has 0 saturated heterocycles. The molecule has 26 heavy (non-hydrogen) atoms. The number of esters is 1. The van der Waals surface area contributed by atoms with Crippen molar-refractivity contribution in [1.29, 1.82) is 0 Å². The number of nitrogens with one attached hydrogen (secondary N) is 3. The normalized spacial score (nSPS) is 15.8. The van der Waals surface area contributed by atoms with Gasteiger partial charge in [-0.2, -0.15) is 0 Å². The van der Waals surface area contributed by atoms with Gasteiger partial charge in [-0.25, -0.2) is 14.0 Å². The van der Waals surface area contributed by atoms with Gasteiger partial charge < -0.3 is 10.1 Å². The Kier molecular flexibility index (Phi) is 4.57.